The van der Waals surface area contributed by atoms with Crippen molar-refractivity contribution in [2.24, 2.45) is 5.73 Å². The van der Waals surface area contributed by atoms with E-state index in [1.807, 2.05) is 0 Å². The Kier molecular flexibility index (Phi) is 4.39. The molecule has 7 nitrogen and oxygen atoms in total. The molecule has 0 aromatic carbocycles. The van der Waals surface area contributed by atoms with Crippen LogP contribution in [0, 0.1) is 0 Å². The first-order chi connectivity index (χ1) is 8.47. The highest BCUT2D eigenvalue weighted by Gasteiger charge is 2.26. The third-order valence-corrected chi connectivity index (χ3v) is 2.09. The summed E-state index contributed by atoms with van der Waals surface area (Å²) in [6, 6.07) is 3.02. The highest BCUT2D eigenvalue weighted by molar-refractivity contribution is 6.23. The second-order valence-corrected chi connectivity index (χ2v) is 3.34. The smallest absolute Gasteiger partial charge is 0.323 e. The summed E-state index contributed by atoms with van der Waals surface area (Å²) in [5.41, 5.74) is 5.01. The zero-order chi connectivity index (χ0) is 13.7. The topological polar surface area (TPSA) is 114 Å². The maximum absolute atomic E-state index is 11.9. The highest BCUT2D eigenvalue weighted by Crippen LogP contribution is 2.15. The quantitative estimate of drug-likeness (QED) is 0.695. The van der Waals surface area contributed by atoms with Crippen LogP contribution in [0.1, 0.15) is 5.76 Å². The summed E-state index contributed by atoms with van der Waals surface area (Å²) in [5, 5.41) is 8.65. The van der Waals surface area contributed by atoms with Gasteiger partial charge in [0, 0.05) is 0 Å². The summed E-state index contributed by atoms with van der Waals surface area (Å²) in [5.74, 6) is -2.80. The van der Waals surface area contributed by atoms with Crippen molar-refractivity contribution in [1.29, 1.82) is 0 Å². The third kappa shape index (κ3) is 3.05. The van der Waals surface area contributed by atoms with E-state index >= 15 is 0 Å². The number of imide groups is 1. The van der Waals surface area contributed by atoms with E-state index in [0.29, 0.717) is 4.90 Å². The van der Waals surface area contributed by atoms with E-state index in [1.54, 1.807) is 6.07 Å². The number of hydrogen-bond donors (Lipinski definition) is 2. The molecule has 3 N–H and O–H groups in total. The number of nitrogens with two attached hydrogens (primary N) is 1. The zero-order valence-electron chi connectivity index (χ0n) is 9.46. The second kappa shape index (κ2) is 5.78. The van der Waals surface area contributed by atoms with Gasteiger partial charge in [-0.2, -0.15) is 0 Å². The van der Waals surface area contributed by atoms with E-state index < -0.39 is 30.9 Å². The first-order valence-electron chi connectivity index (χ1n) is 4.96. The molecule has 0 fully saturated rings. The predicted octanol–water partition coefficient (Wildman–Crippen LogP) is -0.309. The van der Waals surface area contributed by atoms with E-state index in [2.05, 4.69) is 6.58 Å². The van der Waals surface area contributed by atoms with E-state index in [-0.39, 0.29) is 11.3 Å². The van der Waals surface area contributed by atoms with E-state index in [1.165, 1.54) is 12.3 Å². The molecule has 1 aromatic heterocycles. The Bertz CT molecular complexity index is 478. The molecule has 0 aliphatic heterocycles. The molecule has 1 aromatic rings. The molecule has 0 saturated heterocycles. The van der Waals surface area contributed by atoms with Crippen LogP contribution in [0.15, 0.2) is 29.4 Å². The standard InChI is InChI=1S/C11H12N2O5/c1-7(8-3-2-4-18-8)11(17)13(6-10(15)16)9(14)5-12/h2-4H,1,5-6,12H2,(H,15,16). The maximum atomic E-state index is 11.9. The van der Waals surface area contributed by atoms with Gasteiger partial charge in [-0.1, -0.05) is 6.58 Å². The van der Waals surface area contributed by atoms with Gasteiger partial charge in [-0.15, -0.1) is 0 Å². The van der Waals surface area contributed by atoms with Crippen molar-refractivity contribution in [3.8, 4) is 0 Å². The van der Waals surface area contributed by atoms with Gasteiger partial charge in [0.2, 0.25) is 5.91 Å². The van der Waals surface area contributed by atoms with Crippen molar-refractivity contribution in [3.63, 3.8) is 0 Å². The molecule has 1 rings (SSSR count). The molecule has 0 radical (unpaired) electrons. The van der Waals surface area contributed by atoms with Gasteiger partial charge >= 0.3 is 5.97 Å². The summed E-state index contributed by atoms with van der Waals surface area (Å²) in [4.78, 5) is 34.4. The number of carboxylic acid groups (broad SMARTS) is 1. The Balaban J connectivity index is 2.92. The van der Waals surface area contributed by atoms with Crippen LogP contribution in [0.5, 0.6) is 0 Å². The largest absolute Gasteiger partial charge is 0.480 e. The van der Waals surface area contributed by atoms with Gasteiger partial charge in [0.1, 0.15) is 12.3 Å². The molecule has 0 unspecified atom stereocenters. The number of aliphatic carboxylic acids is 1. The molecule has 2 amide bonds. The summed E-state index contributed by atoms with van der Waals surface area (Å²) in [6.45, 7) is 2.23. The number of amides is 2. The van der Waals surface area contributed by atoms with Crippen LogP contribution in [0.2, 0.25) is 0 Å². The van der Waals surface area contributed by atoms with Gasteiger partial charge in [0.05, 0.1) is 18.4 Å². The van der Waals surface area contributed by atoms with Gasteiger partial charge in [-0.3, -0.25) is 19.3 Å². The lowest BCUT2D eigenvalue weighted by atomic mass is 10.2. The first kappa shape index (κ1) is 13.7. The molecule has 18 heavy (non-hydrogen) atoms. The molecular weight excluding hydrogens is 240 g/mol. The Labute approximate surface area is 102 Å². The molecule has 0 aliphatic rings. The number of furan rings is 1. The number of rotatable bonds is 5. The van der Waals surface area contributed by atoms with Crippen molar-refractivity contribution < 1.29 is 23.9 Å². The summed E-state index contributed by atoms with van der Waals surface area (Å²) >= 11 is 0. The van der Waals surface area contributed by atoms with Crippen LogP contribution >= 0.6 is 0 Å². The first-order valence-corrected chi connectivity index (χ1v) is 4.96. The number of carbonyl (C=O) groups is 3. The van der Waals surface area contributed by atoms with E-state index in [0.717, 1.165) is 0 Å². The van der Waals surface area contributed by atoms with Crippen molar-refractivity contribution in [1.82, 2.24) is 4.90 Å². The highest BCUT2D eigenvalue weighted by atomic mass is 16.4. The minimum Gasteiger partial charge on any atom is -0.480 e. The fraction of sp³-hybridized carbons (Fsp3) is 0.182. The van der Waals surface area contributed by atoms with E-state index in [4.69, 9.17) is 15.3 Å². The van der Waals surface area contributed by atoms with E-state index in [9.17, 15) is 14.4 Å². The maximum Gasteiger partial charge on any atom is 0.323 e. The van der Waals surface area contributed by atoms with Crippen LogP contribution in [0.4, 0.5) is 0 Å². The normalized spacial score (nSPS) is 9.83. The molecule has 7 heteroatoms. The average Bonchev–Trinajstić information content (AvgIpc) is 2.86. The van der Waals surface area contributed by atoms with Gasteiger partial charge < -0.3 is 15.3 Å². The number of hydrogen-bond acceptors (Lipinski definition) is 5. The van der Waals surface area contributed by atoms with Gasteiger partial charge in [-0.05, 0) is 12.1 Å². The number of carboxylic acids is 1. The van der Waals surface area contributed by atoms with Gasteiger partial charge in [0.15, 0.2) is 0 Å². The summed E-state index contributed by atoms with van der Waals surface area (Å²) in [6.07, 6.45) is 1.33. The minimum absolute atomic E-state index is 0.108. The SMILES string of the molecule is C=C(C(=O)N(CC(=O)O)C(=O)CN)c1ccco1. The monoisotopic (exact) mass is 252 g/mol. The zero-order valence-corrected chi connectivity index (χ0v) is 9.46. The Morgan fingerprint density at radius 1 is 1.44 bits per heavy atom. The third-order valence-electron chi connectivity index (χ3n) is 2.09. The van der Waals surface area contributed by atoms with Crippen molar-refractivity contribution >= 4 is 23.4 Å². The van der Waals surface area contributed by atoms with Crippen LogP contribution in [0.25, 0.3) is 5.57 Å². The van der Waals surface area contributed by atoms with Crippen LogP contribution in [0.3, 0.4) is 0 Å². The second-order valence-electron chi connectivity index (χ2n) is 3.34. The van der Waals surface area contributed by atoms with Crippen molar-refractivity contribution in [2.45, 2.75) is 0 Å². The molecule has 96 valence electrons. The summed E-state index contributed by atoms with van der Waals surface area (Å²) < 4.78 is 4.95. The molecule has 0 atom stereocenters. The lowest BCUT2D eigenvalue weighted by Gasteiger charge is -2.18. The lowest BCUT2D eigenvalue weighted by molar-refractivity contribution is -0.149. The van der Waals surface area contributed by atoms with Crippen molar-refractivity contribution in [2.75, 3.05) is 13.1 Å². The molecular formula is C11H12N2O5. The molecule has 0 bridgehead atoms. The van der Waals surface area contributed by atoms with Gasteiger partial charge in [-0.25, -0.2) is 0 Å². The lowest BCUT2D eigenvalue weighted by Crippen LogP contribution is -2.43. The Hall–Kier alpha value is -2.41. The minimum atomic E-state index is -1.32. The fourth-order valence-corrected chi connectivity index (χ4v) is 1.24. The molecule has 0 saturated carbocycles. The molecule has 0 spiro atoms. The Morgan fingerprint density at radius 2 is 2.11 bits per heavy atom. The average molecular weight is 252 g/mol. The molecule has 0 aliphatic carbocycles. The number of carbonyl (C=O) groups excluding carboxylic acids is 2. The van der Waals surface area contributed by atoms with Crippen LogP contribution in [-0.4, -0.2) is 40.9 Å². The molecule has 1 heterocycles. The fourth-order valence-electron chi connectivity index (χ4n) is 1.24. The van der Waals surface area contributed by atoms with Crippen LogP contribution in [-0.2, 0) is 14.4 Å². The predicted molar refractivity (Wildman–Crippen MR) is 61.2 cm³/mol. The van der Waals surface area contributed by atoms with Crippen LogP contribution < -0.4 is 5.73 Å². The number of nitrogens with zero attached hydrogens (tertiary/aromatic N) is 1. The van der Waals surface area contributed by atoms with Gasteiger partial charge in [0.25, 0.3) is 5.91 Å². The summed E-state index contributed by atoms with van der Waals surface area (Å²) in [7, 11) is 0. The van der Waals surface area contributed by atoms with Crippen molar-refractivity contribution in [3.05, 3.63) is 30.7 Å². The Morgan fingerprint density at radius 3 is 2.56 bits per heavy atom.